The lowest BCUT2D eigenvalue weighted by Gasteiger charge is -2.18. The van der Waals surface area contributed by atoms with Crippen LogP contribution in [0.15, 0.2) is 71.1 Å². The molecule has 4 nitrogen and oxygen atoms in total. The van der Waals surface area contributed by atoms with Gasteiger partial charge in [0.15, 0.2) is 11.0 Å². The normalized spacial score (nSPS) is 12.1. The Bertz CT molecular complexity index is 1800. The molecule has 0 bridgehead atoms. The summed E-state index contributed by atoms with van der Waals surface area (Å²) in [5.74, 6) is 1.27. The Morgan fingerprint density at radius 1 is 0.865 bits per heavy atom. The molecule has 5 heteroatoms. The summed E-state index contributed by atoms with van der Waals surface area (Å²) in [5.41, 5.74) is 9.43. The molecular weight excluding hydrogens is 461 g/mol. The first-order chi connectivity index (χ1) is 17.8. The van der Waals surface area contributed by atoms with Gasteiger partial charge >= 0.3 is 0 Å². The number of aromatic nitrogens is 3. The summed E-state index contributed by atoms with van der Waals surface area (Å²) in [5, 5.41) is 1.74. The molecule has 0 aliphatic carbocycles. The molecule has 0 aliphatic heterocycles. The van der Waals surface area contributed by atoms with Gasteiger partial charge in [-0.25, -0.2) is 4.57 Å². The second kappa shape index (κ2) is 8.55. The number of nitrogens with zero attached hydrogens (tertiary/aromatic N) is 3. The molecule has 0 radical (unpaired) electrons. The highest BCUT2D eigenvalue weighted by molar-refractivity contribution is 6.05. The zero-order valence-corrected chi connectivity index (χ0v) is 22.1. The van der Waals surface area contributed by atoms with Crippen molar-refractivity contribution in [1.29, 1.82) is 0 Å². The van der Waals surface area contributed by atoms with E-state index >= 15 is 0 Å². The molecule has 0 aliphatic rings. The molecule has 0 atom stereocenters. The van der Waals surface area contributed by atoms with Crippen LogP contribution < -0.4 is 4.57 Å². The van der Waals surface area contributed by atoms with Gasteiger partial charge in [-0.15, -0.1) is 0 Å². The fourth-order valence-corrected chi connectivity index (χ4v) is 5.63. The highest BCUT2D eigenvalue weighted by atomic mass is 19.1. The van der Waals surface area contributed by atoms with E-state index in [4.69, 9.17) is 4.42 Å². The van der Waals surface area contributed by atoms with Crippen LogP contribution in [0.3, 0.4) is 0 Å². The van der Waals surface area contributed by atoms with Gasteiger partial charge in [0.1, 0.15) is 11.3 Å². The summed E-state index contributed by atoms with van der Waals surface area (Å²) in [7, 11) is 2.13. The lowest BCUT2D eigenvalue weighted by atomic mass is 9.92. The van der Waals surface area contributed by atoms with Crippen LogP contribution in [-0.4, -0.2) is 9.55 Å². The highest BCUT2D eigenvalue weighted by Crippen LogP contribution is 2.39. The summed E-state index contributed by atoms with van der Waals surface area (Å²) >= 11 is 0. The van der Waals surface area contributed by atoms with Crippen molar-refractivity contribution in [3.05, 3.63) is 89.4 Å². The molecule has 6 aromatic rings. The van der Waals surface area contributed by atoms with Gasteiger partial charge < -0.3 is 4.42 Å². The van der Waals surface area contributed by atoms with Crippen LogP contribution in [0, 0.1) is 12.9 Å². The van der Waals surface area contributed by atoms with E-state index in [0.717, 1.165) is 38.8 Å². The third kappa shape index (κ3) is 3.56. The van der Waals surface area contributed by atoms with Crippen molar-refractivity contribution in [1.82, 2.24) is 9.55 Å². The Morgan fingerprint density at radius 3 is 2.27 bits per heavy atom. The van der Waals surface area contributed by atoms with Crippen LogP contribution in [0.2, 0.25) is 0 Å². The zero-order valence-electron chi connectivity index (χ0n) is 22.1. The van der Waals surface area contributed by atoms with Crippen molar-refractivity contribution in [2.75, 3.05) is 0 Å². The Kier molecular flexibility index (Phi) is 5.41. The molecule has 0 unspecified atom stereocenters. The predicted molar refractivity (Wildman–Crippen MR) is 148 cm³/mol. The van der Waals surface area contributed by atoms with E-state index in [0.29, 0.717) is 23.1 Å². The van der Waals surface area contributed by atoms with Crippen molar-refractivity contribution in [3.63, 3.8) is 0 Å². The molecular formula is C32H31FN3O+. The Balaban J connectivity index is 1.77. The summed E-state index contributed by atoms with van der Waals surface area (Å²) in [6.07, 6.45) is 0. The minimum Gasteiger partial charge on any atom is -0.438 e. The lowest BCUT2D eigenvalue weighted by Crippen LogP contribution is -2.30. The molecule has 0 amide bonds. The number of rotatable bonds is 4. The summed E-state index contributed by atoms with van der Waals surface area (Å²) in [6.45, 7) is 11.1. The number of imidazole rings is 1. The van der Waals surface area contributed by atoms with E-state index in [9.17, 15) is 4.39 Å². The molecule has 0 saturated heterocycles. The second-order valence-corrected chi connectivity index (χ2v) is 10.6. The number of pyridine rings is 1. The van der Waals surface area contributed by atoms with E-state index in [1.807, 2.05) is 6.07 Å². The third-order valence-corrected chi connectivity index (χ3v) is 7.47. The Hall–Kier alpha value is -3.99. The van der Waals surface area contributed by atoms with Crippen molar-refractivity contribution in [3.8, 4) is 17.1 Å². The smallest absolute Gasteiger partial charge is 0.295 e. The van der Waals surface area contributed by atoms with Crippen LogP contribution in [0.25, 0.3) is 50.2 Å². The quantitative estimate of drug-likeness (QED) is 0.184. The fourth-order valence-electron chi connectivity index (χ4n) is 5.63. The average Bonchev–Trinajstić information content (AvgIpc) is 3.36. The summed E-state index contributed by atoms with van der Waals surface area (Å²) in [4.78, 5) is 3.98. The number of aryl methyl sites for hydroxylation is 2. The SMILES string of the molecule is Cc1cc2oc3nc(F)ccc3c2cc1-c1n(-c2c(C(C)C)cccc2C(C)C)c2ccccc2[n+]1C. The number of furan rings is 1. The van der Waals surface area contributed by atoms with Crippen LogP contribution in [0.5, 0.6) is 0 Å². The Labute approximate surface area is 216 Å². The van der Waals surface area contributed by atoms with E-state index in [1.54, 1.807) is 6.07 Å². The first kappa shape index (κ1) is 23.4. The third-order valence-electron chi connectivity index (χ3n) is 7.47. The van der Waals surface area contributed by atoms with Crippen molar-refractivity contribution < 1.29 is 13.4 Å². The number of benzene rings is 3. The molecule has 3 heterocycles. The average molecular weight is 493 g/mol. The number of halogens is 1. The molecule has 3 aromatic heterocycles. The Morgan fingerprint density at radius 2 is 1.57 bits per heavy atom. The first-order valence-corrected chi connectivity index (χ1v) is 12.9. The minimum absolute atomic E-state index is 0.323. The van der Waals surface area contributed by atoms with Gasteiger partial charge in [-0.3, -0.25) is 0 Å². The molecule has 6 rings (SSSR count). The summed E-state index contributed by atoms with van der Waals surface area (Å²) < 4.78 is 24.5. The van der Waals surface area contributed by atoms with Crippen LogP contribution >= 0.6 is 0 Å². The molecule has 186 valence electrons. The van der Waals surface area contributed by atoms with Crippen LogP contribution in [-0.2, 0) is 7.05 Å². The van der Waals surface area contributed by atoms with Gasteiger partial charge in [-0.2, -0.15) is 13.9 Å². The number of para-hydroxylation sites is 3. The van der Waals surface area contributed by atoms with Gasteiger partial charge in [0, 0.05) is 21.9 Å². The number of hydrogen-bond donors (Lipinski definition) is 0. The highest BCUT2D eigenvalue weighted by Gasteiger charge is 2.31. The van der Waals surface area contributed by atoms with Gasteiger partial charge in [0.25, 0.3) is 5.82 Å². The minimum atomic E-state index is -0.540. The molecule has 0 fully saturated rings. The number of hydrogen-bond acceptors (Lipinski definition) is 2. The topological polar surface area (TPSA) is 34.8 Å². The van der Waals surface area contributed by atoms with E-state index in [1.165, 1.54) is 22.9 Å². The van der Waals surface area contributed by atoms with Crippen LogP contribution in [0.4, 0.5) is 4.39 Å². The molecule has 0 saturated carbocycles. The van der Waals surface area contributed by atoms with Gasteiger partial charge in [-0.1, -0.05) is 58.0 Å². The van der Waals surface area contributed by atoms with Gasteiger partial charge in [0.05, 0.1) is 12.6 Å². The fraction of sp³-hybridized carbons (Fsp3) is 0.250. The standard InChI is InChI=1S/C32H31FN3O/c1-18(2)21-10-9-11-22(19(3)4)30(21)36-27-13-8-7-12-26(27)35(6)32(36)24-17-25-23-14-15-29(33)34-31(23)37-28(25)16-20(24)5/h7-19H,1-6H3/q+1. The first-order valence-electron chi connectivity index (χ1n) is 12.9. The molecule has 0 spiro atoms. The second-order valence-electron chi connectivity index (χ2n) is 10.6. The maximum absolute atomic E-state index is 13.8. The molecule has 0 N–H and O–H groups in total. The van der Waals surface area contributed by atoms with Gasteiger partial charge in [0.2, 0.25) is 11.7 Å². The zero-order chi connectivity index (χ0) is 26.0. The van der Waals surface area contributed by atoms with E-state index < -0.39 is 5.95 Å². The maximum atomic E-state index is 13.8. The lowest BCUT2D eigenvalue weighted by molar-refractivity contribution is -0.633. The largest absolute Gasteiger partial charge is 0.438 e. The monoisotopic (exact) mass is 492 g/mol. The van der Waals surface area contributed by atoms with Gasteiger partial charge in [-0.05, 0) is 60.7 Å². The predicted octanol–water partition coefficient (Wildman–Crippen LogP) is 8.11. The maximum Gasteiger partial charge on any atom is 0.295 e. The number of fused-ring (bicyclic) bond motifs is 4. The van der Waals surface area contributed by atoms with Crippen molar-refractivity contribution >= 4 is 33.1 Å². The van der Waals surface area contributed by atoms with Crippen molar-refractivity contribution in [2.24, 2.45) is 7.05 Å². The van der Waals surface area contributed by atoms with E-state index in [2.05, 4.69) is 104 Å². The molecule has 3 aromatic carbocycles. The molecule has 37 heavy (non-hydrogen) atoms. The summed E-state index contributed by atoms with van der Waals surface area (Å²) in [6, 6.07) is 22.6. The van der Waals surface area contributed by atoms with Crippen LogP contribution in [0.1, 0.15) is 56.2 Å². The van der Waals surface area contributed by atoms with Crippen molar-refractivity contribution in [2.45, 2.75) is 46.5 Å². The van der Waals surface area contributed by atoms with E-state index in [-0.39, 0.29) is 0 Å².